The van der Waals surface area contributed by atoms with Crippen LogP contribution in [0.1, 0.15) is 35.1 Å². The number of hydrogen-bond acceptors (Lipinski definition) is 3. The lowest BCUT2D eigenvalue weighted by Crippen LogP contribution is -2.50. The smallest absolute Gasteiger partial charge is 0.272 e. The number of halogens is 2. The highest BCUT2D eigenvalue weighted by Gasteiger charge is 2.42. The van der Waals surface area contributed by atoms with Gasteiger partial charge in [-0.25, -0.2) is 4.39 Å². The van der Waals surface area contributed by atoms with Gasteiger partial charge in [-0.3, -0.25) is 14.7 Å². The Morgan fingerprint density at radius 1 is 1.14 bits per heavy atom. The Labute approximate surface area is 169 Å². The van der Waals surface area contributed by atoms with E-state index in [1.54, 1.807) is 6.07 Å². The van der Waals surface area contributed by atoms with Crippen LogP contribution in [0.15, 0.2) is 41.4 Å². The molecule has 0 atom stereocenters. The number of benzene rings is 2. The number of nitrogens with one attached hydrogen (secondary N) is 1. The third kappa shape index (κ3) is 3.69. The van der Waals surface area contributed by atoms with Gasteiger partial charge in [0.1, 0.15) is 17.2 Å². The third-order valence-electron chi connectivity index (χ3n) is 5.76. The summed E-state index contributed by atoms with van der Waals surface area (Å²) in [5.74, 6) is -0.425. The van der Waals surface area contributed by atoms with E-state index in [-0.39, 0.29) is 11.7 Å². The predicted molar refractivity (Wildman–Crippen MR) is 109 cm³/mol. The first-order valence-corrected chi connectivity index (χ1v) is 9.89. The molecule has 1 amide bonds. The SMILES string of the molecule is Cc1ccc(C2=NC3(CCN(Cc4ccc(F)cc4Cl)CC3)NC2=O)cc1C. The van der Waals surface area contributed by atoms with Gasteiger partial charge in [-0.1, -0.05) is 29.8 Å². The zero-order valence-corrected chi connectivity index (χ0v) is 16.8. The van der Waals surface area contributed by atoms with E-state index in [0.717, 1.165) is 42.6 Å². The standard InChI is InChI=1S/C22H23ClFN3O/c1-14-3-4-16(11-15(14)2)20-21(28)26-22(25-20)7-9-27(10-8-22)13-17-5-6-18(24)12-19(17)23/h3-6,11-12H,7-10,13H2,1-2H3,(H,26,28). The molecule has 2 aliphatic heterocycles. The highest BCUT2D eigenvalue weighted by atomic mass is 35.5. The van der Waals surface area contributed by atoms with E-state index in [1.165, 1.54) is 17.7 Å². The second-order valence-corrected chi connectivity index (χ2v) is 8.16. The Morgan fingerprint density at radius 2 is 1.89 bits per heavy atom. The molecule has 2 heterocycles. The van der Waals surface area contributed by atoms with Crippen LogP contribution in [0.4, 0.5) is 4.39 Å². The van der Waals surface area contributed by atoms with Crippen molar-refractivity contribution in [1.29, 1.82) is 0 Å². The first-order valence-electron chi connectivity index (χ1n) is 9.51. The molecule has 2 aromatic rings. The van der Waals surface area contributed by atoms with E-state index in [1.807, 2.05) is 25.1 Å². The van der Waals surface area contributed by atoms with Gasteiger partial charge < -0.3 is 5.32 Å². The Balaban J connectivity index is 1.47. The lowest BCUT2D eigenvalue weighted by atomic mass is 9.97. The quantitative estimate of drug-likeness (QED) is 0.847. The normalized spacial score (nSPS) is 19.0. The van der Waals surface area contributed by atoms with E-state index in [4.69, 9.17) is 16.6 Å². The van der Waals surface area contributed by atoms with Crippen LogP contribution in [-0.4, -0.2) is 35.3 Å². The fourth-order valence-corrected chi connectivity index (χ4v) is 4.08. The molecule has 4 nitrogen and oxygen atoms in total. The second kappa shape index (κ2) is 7.30. The van der Waals surface area contributed by atoms with Gasteiger partial charge in [0.05, 0.1) is 0 Å². The summed E-state index contributed by atoms with van der Waals surface area (Å²) in [7, 11) is 0. The maximum atomic E-state index is 13.2. The van der Waals surface area contributed by atoms with Crippen molar-refractivity contribution in [2.24, 2.45) is 4.99 Å². The fraction of sp³-hybridized carbons (Fsp3) is 0.364. The van der Waals surface area contributed by atoms with Crippen LogP contribution < -0.4 is 5.32 Å². The van der Waals surface area contributed by atoms with Crippen LogP contribution >= 0.6 is 11.6 Å². The number of rotatable bonds is 3. The molecular formula is C22H23ClFN3O. The van der Waals surface area contributed by atoms with Crippen molar-refractivity contribution in [2.75, 3.05) is 13.1 Å². The molecule has 1 fully saturated rings. The maximum Gasteiger partial charge on any atom is 0.272 e. The summed E-state index contributed by atoms with van der Waals surface area (Å²) in [6.45, 7) is 6.34. The van der Waals surface area contributed by atoms with Crippen molar-refractivity contribution < 1.29 is 9.18 Å². The minimum Gasteiger partial charge on any atom is -0.326 e. The summed E-state index contributed by atoms with van der Waals surface area (Å²) in [5, 5.41) is 3.56. The average Bonchev–Trinajstić information content (AvgIpc) is 2.98. The number of hydrogen-bond donors (Lipinski definition) is 1. The molecule has 6 heteroatoms. The number of likely N-dealkylation sites (tertiary alicyclic amines) is 1. The second-order valence-electron chi connectivity index (χ2n) is 7.76. The Morgan fingerprint density at radius 3 is 2.57 bits per heavy atom. The van der Waals surface area contributed by atoms with E-state index in [0.29, 0.717) is 17.3 Å². The van der Waals surface area contributed by atoms with Crippen LogP contribution in [0.3, 0.4) is 0 Å². The highest BCUT2D eigenvalue weighted by molar-refractivity contribution is 6.46. The van der Waals surface area contributed by atoms with E-state index in [2.05, 4.69) is 17.1 Å². The largest absolute Gasteiger partial charge is 0.326 e. The van der Waals surface area contributed by atoms with Crippen molar-refractivity contribution in [3.63, 3.8) is 0 Å². The Kier molecular flexibility index (Phi) is 4.98. The van der Waals surface area contributed by atoms with Crippen LogP contribution in [0, 0.1) is 19.7 Å². The van der Waals surface area contributed by atoms with Gasteiger partial charge in [0, 0.05) is 43.1 Å². The highest BCUT2D eigenvalue weighted by Crippen LogP contribution is 2.30. The molecule has 4 rings (SSSR count). The van der Waals surface area contributed by atoms with Crippen molar-refractivity contribution in [2.45, 2.75) is 38.9 Å². The summed E-state index contributed by atoms with van der Waals surface area (Å²) in [5.41, 5.74) is 4.14. The lowest BCUT2D eigenvalue weighted by molar-refractivity contribution is -0.115. The molecule has 0 unspecified atom stereocenters. The van der Waals surface area contributed by atoms with Crippen molar-refractivity contribution in [1.82, 2.24) is 10.2 Å². The summed E-state index contributed by atoms with van der Waals surface area (Å²) in [6, 6.07) is 10.5. The summed E-state index contributed by atoms with van der Waals surface area (Å²) >= 11 is 6.15. The minimum absolute atomic E-state index is 0.0988. The summed E-state index contributed by atoms with van der Waals surface area (Å²) in [4.78, 5) is 19.7. The molecule has 0 saturated carbocycles. The number of piperidine rings is 1. The zero-order chi connectivity index (χ0) is 19.9. The average molecular weight is 400 g/mol. The van der Waals surface area contributed by atoms with Gasteiger partial charge in [0.15, 0.2) is 0 Å². The number of carbonyl (C=O) groups is 1. The number of carbonyl (C=O) groups excluding carboxylic acids is 1. The molecule has 0 bridgehead atoms. The van der Waals surface area contributed by atoms with Crippen LogP contribution in [-0.2, 0) is 11.3 Å². The van der Waals surface area contributed by atoms with Crippen LogP contribution in [0.2, 0.25) is 5.02 Å². The maximum absolute atomic E-state index is 13.2. The third-order valence-corrected chi connectivity index (χ3v) is 6.11. The van der Waals surface area contributed by atoms with E-state index in [9.17, 15) is 9.18 Å². The zero-order valence-electron chi connectivity index (χ0n) is 16.1. The van der Waals surface area contributed by atoms with Crippen molar-refractivity contribution >= 4 is 23.2 Å². The lowest BCUT2D eigenvalue weighted by Gasteiger charge is -2.37. The number of aliphatic imine (C=N–C) groups is 1. The number of amides is 1. The predicted octanol–water partition coefficient (Wildman–Crippen LogP) is 4.01. The molecule has 2 aromatic carbocycles. The minimum atomic E-state index is -0.520. The van der Waals surface area contributed by atoms with E-state index < -0.39 is 5.66 Å². The molecule has 1 N–H and O–H groups in total. The first-order chi connectivity index (χ1) is 13.3. The molecule has 0 radical (unpaired) electrons. The summed E-state index contributed by atoms with van der Waals surface area (Å²) < 4.78 is 13.2. The molecule has 0 aliphatic carbocycles. The van der Waals surface area contributed by atoms with Crippen LogP contribution in [0.25, 0.3) is 0 Å². The topological polar surface area (TPSA) is 44.7 Å². The van der Waals surface area contributed by atoms with Gasteiger partial charge in [-0.15, -0.1) is 0 Å². The number of aryl methyl sites for hydroxylation is 2. The summed E-state index contributed by atoms with van der Waals surface area (Å²) in [6.07, 6.45) is 1.48. The molecule has 0 aromatic heterocycles. The molecule has 146 valence electrons. The Bertz CT molecular complexity index is 964. The van der Waals surface area contributed by atoms with E-state index >= 15 is 0 Å². The molecule has 2 aliphatic rings. The Hall–Kier alpha value is -2.24. The molecule has 1 saturated heterocycles. The fourth-order valence-electron chi connectivity index (χ4n) is 3.86. The van der Waals surface area contributed by atoms with Gasteiger partial charge in [-0.05, 0) is 48.7 Å². The van der Waals surface area contributed by atoms with Gasteiger partial charge >= 0.3 is 0 Å². The molecule has 28 heavy (non-hydrogen) atoms. The number of nitrogens with zero attached hydrogens (tertiary/aromatic N) is 2. The van der Waals surface area contributed by atoms with Gasteiger partial charge in [0.2, 0.25) is 0 Å². The molecule has 1 spiro atoms. The van der Waals surface area contributed by atoms with Crippen LogP contribution in [0.5, 0.6) is 0 Å². The van der Waals surface area contributed by atoms with Crippen molar-refractivity contribution in [3.8, 4) is 0 Å². The van der Waals surface area contributed by atoms with Crippen molar-refractivity contribution in [3.05, 3.63) is 69.5 Å². The molecular weight excluding hydrogens is 377 g/mol. The van der Waals surface area contributed by atoms with Gasteiger partial charge in [-0.2, -0.15) is 0 Å². The first kappa shape index (κ1) is 19.1. The van der Waals surface area contributed by atoms with Gasteiger partial charge in [0.25, 0.3) is 5.91 Å². The monoisotopic (exact) mass is 399 g/mol.